The molecule has 3 nitrogen and oxygen atoms in total. The average molecular weight is 255 g/mol. The highest BCUT2D eigenvalue weighted by Gasteiger charge is 2.22. The predicted octanol–water partition coefficient (Wildman–Crippen LogP) is 3.25. The van der Waals surface area contributed by atoms with Crippen molar-refractivity contribution in [1.82, 2.24) is 4.90 Å². The lowest BCUT2D eigenvalue weighted by molar-refractivity contribution is -0.141. The van der Waals surface area contributed by atoms with E-state index >= 15 is 0 Å². The highest BCUT2D eigenvalue weighted by Crippen LogP contribution is 2.31. The van der Waals surface area contributed by atoms with E-state index in [1.165, 1.54) is 38.5 Å². The molecule has 0 aliphatic heterocycles. The minimum absolute atomic E-state index is 0.258. The summed E-state index contributed by atoms with van der Waals surface area (Å²) < 4.78 is 0. The first-order valence-electron chi connectivity index (χ1n) is 7.44. The summed E-state index contributed by atoms with van der Waals surface area (Å²) in [7, 11) is 2.05. The van der Waals surface area contributed by atoms with E-state index in [-0.39, 0.29) is 5.92 Å². The second-order valence-corrected chi connectivity index (χ2v) is 6.14. The quantitative estimate of drug-likeness (QED) is 0.759. The molecule has 0 saturated heterocycles. The molecular weight excluding hydrogens is 226 g/mol. The molecular formula is C15H29NO2. The molecule has 1 rings (SSSR count). The monoisotopic (exact) mass is 255 g/mol. The Hall–Kier alpha value is -0.570. The molecule has 0 aromatic rings. The van der Waals surface area contributed by atoms with Gasteiger partial charge in [-0.15, -0.1) is 0 Å². The normalized spacial score (nSPS) is 26.2. The van der Waals surface area contributed by atoms with Gasteiger partial charge < -0.3 is 10.0 Å². The third-order valence-electron chi connectivity index (χ3n) is 4.24. The minimum Gasteiger partial charge on any atom is -0.481 e. The van der Waals surface area contributed by atoms with Crippen molar-refractivity contribution >= 4 is 5.97 Å². The molecule has 0 radical (unpaired) electrons. The fourth-order valence-corrected chi connectivity index (χ4v) is 3.17. The van der Waals surface area contributed by atoms with E-state index in [0.717, 1.165) is 18.4 Å². The summed E-state index contributed by atoms with van der Waals surface area (Å²) in [6.45, 7) is 5.80. The van der Waals surface area contributed by atoms with Crippen molar-refractivity contribution < 1.29 is 9.90 Å². The van der Waals surface area contributed by atoms with Crippen LogP contribution in [-0.4, -0.2) is 36.1 Å². The summed E-state index contributed by atoms with van der Waals surface area (Å²) in [6, 6.07) is 0. The van der Waals surface area contributed by atoms with E-state index in [9.17, 15) is 4.79 Å². The van der Waals surface area contributed by atoms with Gasteiger partial charge in [-0.1, -0.05) is 39.5 Å². The highest BCUT2D eigenvalue weighted by molar-refractivity contribution is 5.69. The Labute approximate surface area is 112 Å². The molecule has 3 heteroatoms. The lowest BCUT2D eigenvalue weighted by Gasteiger charge is -2.31. The van der Waals surface area contributed by atoms with Crippen molar-refractivity contribution in [2.45, 2.75) is 52.4 Å². The second kappa shape index (κ2) is 7.78. The maximum absolute atomic E-state index is 10.8. The summed E-state index contributed by atoms with van der Waals surface area (Å²) in [4.78, 5) is 13.0. The molecule has 106 valence electrons. The maximum atomic E-state index is 10.8. The summed E-state index contributed by atoms with van der Waals surface area (Å²) >= 11 is 0. The highest BCUT2D eigenvalue weighted by atomic mass is 16.4. The van der Waals surface area contributed by atoms with Crippen molar-refractivity contribution in [1.29, 1.82) is 0 Å². The van der Waals surface area contributed by atoms with Crippen LogP contribution in [0.1, 0.15) is 52.4 Å². The van der Waals surface area contributed by atoms with Crippen LogP contribution in [0.25, 0.3) is 0 Å². The summed E-state index contributed by atoms with van der Waals surface area (Å²) in [6.07, 6.45) is 8.11. The number of hydrogen-bond donors (Lipinski definition) is 1. The van der Waals surface area contributed by atoms with Gasteiger partial charge in [0.15, 0.2) is 0 Å². The molecule has 0 heterocycles. The zero-order valence-corrected chi connectivity index (χ0v) is 12.2. The van der Waals surface area contributed by atoms with Crippen molar-refractivity contribution in [2.24, 2.45) is 17.8 Å². The Bertz CT molecular complexity index is 247. The number of rotatable bonds is 7. The predicted molar refractivity (Wildman–Crippen MR) is 74.7 cm³/mol. The topological polar surface area (TPSA) is 40.5 Å². The van der Waals surface area contributed by atoms with Gasteiger partial charge in [-0.3, -0.25) is 4.79 Å². The van der Waals surface area contributed by atoms with Gasteiger partial charge >= 0.3 is 5.97 Å². The molecule has 1 fully saturated rings. The lowest BCUT2D eigenvalue weighted by atomic mass is 9.80. The minimum atomic E-state index is -0.687. The van der Waals surface area contributed by atoms with Gasteiger partial charge in [-0.05, 0) is 31.7 Å². The van der Waals surface area contributed by atoms with E-state index in [1.54, 1.807) is 6.92 Å². The van der Waals surface area contributed by atoms with E-state index in [4.69, 9.17) is 5.11 Å². The van der Waals surface area contributed by atoms with Gasteiger partial charge in [-0.2, -0.15) is 0 Å². The Morgan fingerprint density at radius 2 is 1.83 bits per heavy atom. The van der Waals surface area contributed by atoms with Crippen LogP contribution in [0.4, 0.5) is 0 Å². The molecule has 1 atom stereocenters. The van der Waals surface area contributed by atoms with E-state index in [1.807, 2.05) is 0 Å². The molecule has 0 aromatic carbocycles. The number of carbonyl (C=O) groups is 1. The molecule has 1 aliphatic carbocycles. The van der Waals surface area contributed by atoms with Crippen molar-refractivity contribution in [3.8, 4) is 0 Å². The van der Waals surface area contributed by atoms with Crippen LogP contribution < -0.4 is 0 Å². The zero-order chi connectivity index (χ0) is 13.5. The van der Waals surface area contributed by atoms with E-state index in [0.29, 0.717) is 6.54 Å². The second-order valence-electron chi connectivity index (χ2n) is 6.14. The van der Waals surface area contributed by atoms with Gasteiger partial charge in [-0.25, -0.2) is 0 Å². The summed E-state index contributed by atoms with van der Waals surface area (Å²) in [5, 5.41) is 8.90. The first-order valence-corrected chi connectivity index (χ1v) is 7.44. The van der Waals surface area contributed by atoms with Crippen LogP contribution in [-0.2, 0) is 4.79 Å². The van der Waals surface area contributed by atoms with Crippen molar-refractivity contribution in [3.05, 3.63) is 0 Å². The van der Waals surface area contributed by atoms with Crippen LogP contribution in [0.5, 0.6) is 0 Å². The fraction of sp³-hybridized carbons (Fsp3) is 0.933. The number of aliphatic carboxylic acids is 1. The molecule has 1 aliphatic rings. The molecule has 0 amide bonds. The van der Waals surface area contributed by atoms with Crippen LogP contribution in [0, 0.1) is 17.8 Å². The van der Waals surface area contributed by atoms with Crippen LogP contribution in [0.2, 0.25) is 0 Å². The molecule has 0 bridgehead atoms. The standard InChI is InChI=1S/C15H29NO2/c1-4-5-13-6-8-14(9-7-13)11-16(3)10-12(2)15(17)18/h12-14H,4-11H2,1-3H3,(H,17,18). The molecule has 1 unspecified atom stereocenters. The Morgan fingerprint density at radius 1 is 1.28 bits per heavy atom. The number of hydrogen-bond acceptors (Lipinski definition) is 2. The van der Waals surface area contributed by atoms with Crippen molar-refractivity contribution in [2.75, 3.05) is 20.1 Å². The Morgan fingerprint density at radius 3 is 2.33 bits per heavy atom. The molecule has 1 saturated carbocycles. The Balaban J connectivity index is 2.21. The third kappa shape index (κ3) is 5.38. The fourth-order valence-electron chi connectivity index (χ4n) is 3.17. The van der Waals surface area contributed by atoms with Crippen LogP contribution >= 0.6 is 0 Å². The van der Waals surface area contributed by atoms with Crippen LogP contribution in [0.15, 0.2) is 0 Å². The van der Waals surface area contributed by atoms with Gasteiger partial charge in [0.2, 0.25) is 0 Å². The average Bonchev–Trinajstić information content (AvgIpc) is 2.31. The zero-order valence-electron chi connectivity index (χ0n) is 12.2. The van der Waals surface area contributed by atoms with Gasteiger partial charge in [0.1, 0.15) is 0 Å². The molecule has 0 spiro atoms. The summed E-state index contributed by atoms with van der Waals surface area (Å²) in [5.41, 5.74) is 0. The number of carboxylic acid groups (broad SMARTS) is 1. The number of carboxylic acids is 1. The van der Waals surface area contributed by atoms with Gasteiger partial charge in [0.25, 0.3) is 0 Å². The van der Waals surface area contributed by atoms with Gasteiger partial charge in [0.05, 0.1) is 5.92 Å². The maximum Gasteiger partial charge on any atom is 0.307 e. The van der Waals surface area contributed by atoms with Gasteiger partial charge in [0, 0.05) is 13.1 Å². The molecule has 18 heavy (non-hydrogen) atoms. The Kier molecular flexibility index (Phi) is 6.69. The molecule has 0 aromatic heterocycles. The summed E-state index contributed by atoms with van der Waals surface area (Å²) in [5.74, 6) is 0.790. The van der Waals surface area contributed by atoms with Crippen LogP contribution in [0.3, 0.4) is 0 Å². The lowest BCUT2D eigenvalue weighted by Crippen LogP contribution is -2.33. The van der Waals surface area contributed by atoms with E-state index < -0.39 is 5.97 Å². The largest absolute Gasteiger partial charge is 0.481 e. The smallest absolute Gasteiger partial charge is 0.307 e. The first kappa shape index (κ1) is 15.5. The first-order chi connectivity index (χ1) is 8.52. The number of nitrogens with zero attached hydrogens (tertiary/aromatic N) is 1. The molecule has 1 N–H and O–H groups in total. The third-order valence-corrected chi connectivity index (χ3v) is 4.24. The van der Waals surface area contributed by atoms with Crippen molar-refractivity contribution in [3.63, 3.8) is 0 Å². The van der Waals surface area contributed by atoms with E-state index in [2.05, 4.69) is 18.9 Å². The SMILES string of the molecule is CCCC1CCC(CN(C)CC(C)C(=O)O)CC1.